The lowest BCUT2D eigenvalue weighted by molar-refractivity contribution is -0.117. The average molecular weight is 518 g/mol. The number of hydrogen-bond acceptors (Lipinski definition) is 4. The van der Waals surface area contributed by atoms with Crippen LogP contribution in [0, 0.1) is 0 Å². The predicted octanol–water partition coefficient (Wildman–Crippen LogP) is 5.83. The molecule has 0 bridgehead atoms. The van der Waals surface area contributed by atoms with Crippen LogP contribution >= 0.6 is 11.6 Å². The Morgan fingerprint density at radius 3 is 2.24 bits per heavy atom. The third-order valence-electron chi connectivity index (χ3n) is 6.18. The van der Waals surface area contributed by atoms with E-state index in [4.69, 9.17) is 22.1 Å². The summed E-state index contributed by atoms with van der Waals surface area (Å²) in [4.78, 5) is 18.1. The molecule has 0 saturated carbocycles. The van der Waals surface area contributed by atoms with Crippen LogP contribution in [0.5, 0.6) is 5.75 Å². The SMILES string of the molecule is C/C=C(/Cl)C(CN(CCCOc1cccc(CC(N)=O)c1)CC(c1ccccc1)c1ccccc1)=NC. The Morgan fingerprint density at radius 1 is 1.03 bits per heavy atom. The van der Waals surface area contributed by atoms with Crippen molar-refractivity contribution in [3.8, 4) is 5.75 Å². The summed E-state index contributed by atoms with van der Waals surface area (Å²) < 4.78 is 6.01. The molecule has 0 aromatic heterocycles. The van der Waals surface area contributed by atoms with Crippen LogP contribution < -0.4 is 10.5 Å². The van der Waals surface area contributed by atoms with Crippen LogP contribution in [-0.2, 0) is 11.2 Å². The lowest BCUT2D eigenvalue weighted by Crippen LogP contribution is -2.35. The Bertz CT molecular complexity index is 1140. The molecule has 0 saturated heterocycles. The van der Waals surface area contributed by atoms with Crippen molar-refractivity contribution >= 4 is 23.2 Å². The van der Waals surface area contributed by atoms with E-state index in [0.29, 0.717) is 18.2 Å². The van der Waals surface area contributed by atoms with Gasteiger partial charge in [0.1, 0.15) is 5.75 Å². The van der Waals surface area contributed by atoms with Gasteiger partial charge in [0.05, 0.1) is 23.8 Å². The molecule has 0 aliphatic rings. The van der Waals surface area contributed by atoms with Crippen LogP contribution in [0.25, 0.3) is 0 Å². The van der Waals surface area contributed by atoms with E-state index in [1.165, 1.54) is 11.1 Å². The number of rotatable bonds is 14. The zero-order valence-corrected chi connectivity index (χ0v) is 22.4. The van der Waals surface area contributed by atoms with Gasteiger partial charge in [-0.1, -0.05) is 90.5 Å². The minimum absolute atomic E-state index is 0.205. The fraction of sp³-hybridized carbons (Fsp3) is 0.290. The normalized spacial score (nSPS) is 12.2. The Hall–Kier alpha value is -3.41. The summed E-state index contributed by atoms with van der Waals surface area (Å²) in [6.07, 6.45) is 2.91. The molecule has 6 heteroatoms. The summed E-state index contributed by atoms with van der Waals surface area (Å²) in [5.41, 5.74) is 9.59. The van der Waals surface area contributed by atoms with Crippen LogP contribution in [0.4, 0.5) is 0 Å². The minimum Gasteiger partial charge on any atom is -0.494 e. The molecule has 0 fully saturated rings. The van der Waals surface area contributed by atoms with E-state index in [-0.39, 0.29) is 18.2 Å². The number of carbonyl (C=O) groups excluding carboxylic acids is 1. The number of ether oxygens (including phenoxy) is 1. The summed E-state index contributed by atoms with van der Waals surface area (Å²) in [7, 11) is 1.79. The predicted molar refractivity (Wildman–Crippen MR) is 154 cm³/mol. The molecule has 3 rings (SSSR count). The van der Waals surface area contributed by atoms with Crippen molar-refractivity contribution < 1.29 is 9.53 Å². The molecule has 3 aromatic carbocycles. The summed E-state index contributed by atoms with van der Waals surface area (Å²) in [6.45, 7) is 4.74. The fourth-order valence-corrected chi connectivity index (χ4v) is 4.47. The number of primary amides is 1. The van der Waals surface area contributed by atoms with Crippen molar-refractivity contribution in [2.75, 3.05) is 33.3 Å². The van der Waals surface area contributed by atoms with Gasteiger partial charge in [0.2, 0.25) is 5.91 Å². The molecule has 0 aliphatic heterocycles. The third-order valence-corrected chi connectivity index (χ3v) is 6.62. The standard InChI is InChI=1S/C31H36ClN3O2/c1-3-29(32)30(34-2)23-35(18-11-19-37-27-17-10-12-24(20-27)21-31(33)36)22-28(25-13-6-4-7-14-25)26-15-8-5-9-16-26/h3-10,12-17,20,28H,11,18-19,21-23H2,1-2H3,(H2,33,36)/b29-3+,34-30?. The van der Waals surface area contributed by atoms with Crippen LogP contribution in [0.3, 0.4) is 0 Å². The molecule has 2 N–H and O–H groups in total. The fourth-order valence-electron chi connectivity index (χ4n) is 4.32. The van der Waals surface area contributed by atoms with E-state index in [1.54, 1.807) is 7.05 Å². The second kappa shape index (κ2) is 15.0. The van der Waals surface area contributed by atoms with Crippen LogP contribution in [0.2, 0.25) is 0 Å². The number of carbonyl (C=O) groups is 1. The van der Waals surface area contributed by atoms with Gasteiger partial charge < -0.3 is 10.5 Å². The van der Waals surface area contributed by atoms with E-state index in [9.17, 15) is 4.79 Å². The van der Waals surface area contributed by atoms with Gasteiger partial charge in [-0.3, -0.25) is 14.7 Å². The van der Waals surface area contributed by atoms with Crippen molar-refractivity contribution in [1.29, 1.82) is 0 Å². The van der Waals surface area contributed by atoms with E-state index in [0.717, 1.165) is 36.5 Å². The summed E-state index contributed by atoms with van der Waals surface area (Å²) in [6, 6.07) is 28.7. The highest BCUT2D eigenvalue weighted by atomic mass is 35.5. The largest absolute Gasteiger partial charge is 0.494 e. The van der Waals surface area contributed by atoms with Crippen LogP contribution in [0.1, 0.15) is 36.0 Å². The number of amides is 1. The molecule has 3 aromatic rings. The zero-order valence-electron chi connectivity index (χ0n) is 21.6. The van der Waals surface area contributed by atoms with Gasteiger partial charge in [-0.05, 0) is 42.2 Å². The maximum Gasteiger partial charge on any atom is 0.221 e. The van der Waals surface area contributed by atoms with Gasteiger partial charge in [-0.15, -0.1) is 0 Å². The number of aliphatic imine (C=N–C) groups is 1. The number of allylic oxidation sites excluding steroid dienone is 1. The number of halogens is 1. The summed E-state index contributed by atoms with van der Waals surface area (Å²) >= 11 is 6.48. The third kappa shape index (κ3) is 9.19. The number of hydrogen-bond donors (Lipinski definition) is 1. The molecule has 0 unspecified atom stereocenters. The highest BCUT2D eigenvalue weighted by Crippen LogP contribution is 2.26. The molecule has 0 heterocycles. The van der Waals surface area contributed by atoms with Gasteiger partial charge in [0.25, 0.3) is 0 Å². The van der Waals surface area contributed by atoms with E-state index < -0.39 is 0 Å². The Kier molecular flexibility index (Phi) is 11.4. The molecule has 0 aliphatic carbocycles. The summed E-state index contributed by atoms with van der Waals surface area (Å²) in [5.74, 6) is 0.591. The average Bonchev–Trinajstić information content (AvgIpc) is 2.92. The molecule has 0 radical (unpaired) electrons. The zero-order chi connectivity index (χ0) is 26.5. The Balaban J connectivity index is 1.74. The topological polar surface area (TPSA) is 67.9 Å². The van der Waals surface area contributed by atoms with Gasteiger partial charge in [0, 0.05) is 32.6 Å². The van der Waals surface area contributed by atoms with E-state index in [2.05, 4.69) is 58.4 Å². The molecule has 5 nitrogen and oxygen atoms in total. The lowest BCUT2D eigenvalue weighted by atomic mass is 9.90. The second-order valence-corrected chi connectivity index (χ2v) is 9.32. The molecule has 194 valence electrons. The first-order chi connectivity index (χ1) is 18.0. The molecule has 1 amide bonds. The first-order valence-electron chi connectivity index (χ1n) is 12.6. The Labute approximate surface area is 225 Å². The van der Waals surface area contributed by atoms with Gasteiger partial charge in [-0.25, -0.2) is 0 Å². The summed E-state index contributed by atoms with van der Waals surface area (Å²) in [5, 5.41) is 0.672. The van der Waals surface area contributed by atoms with Crippen LogP contribution in [0.15, 0.2) is 101 Å². The second-order valence-electron chi connectivity index (χ2n) is 8.91. The van der Waals surface area contributed by atoms with Crippen LogP contribution in [-0.4, -0.2) is 49.8 Å². The highest BCUT2D eigenvalue weighted by molar-refractivity contribution is 6.43. The molecule has 37 heavy (non-hydrogen) atoms. The van der Waals surface area contributed by atoms with Crippen molar-refractivity contribution in [3.05, 3.63) is 113 Å². The first-order valence-corrected chi connectivity index (χ1v) is 13.0. The van der Waals surface area contributed by atoms with Crippen molar-refractivity contribution in [2.45, 2.75) is 25.7 Å². The quantitative estimate of drug-likeness (QED) is 0.216. The van der Waals surface area contributed by atoms with Gasteiger partial charge in [0.15, 0.2) is 0 Å². The first kappa shape index (κ1) is 28.2. The monoisotopic (exact) mass is 517 g/mol. The minimum atomic E-state index is -0.354. The lowest BCUT2D eigenvalue weighted by Gasteiger charge is -2.29. The number of nitrogens with zero attached hydrogens (tertiary/aromatic N) is 2. The van der Waals surface area contributed by atoms with E-state index >= 15 is 0 Å². The van der Waals surface area contributed by atoms with Gasteiger partial charge >= 0.3 is 0 Å². The molecular weight excluding hydrogens is 482 g/mol. The number of benzene rings is 3. The maximum absolute atomic E-state index is 11.2. The molecule has 0 spiro atoms. The van der Waals surface area contributed by atoms with Crippen molar-refractivity contribution in [2.24, 2.45) is 10.7 Å². The molecular formula is C31H36ClN3O2. The van der Waals surface area contributed by atoms with Crippen molar-refractivity contribution in [3.63, 3.8) is 0 Å². The van der Waals surface area contributed by atoms with Gasteiger partial charge in [-0.2, -0.15) is 0 Å². The molecule has 0 atom stereocenters. The van der Waals surface area contributed by atoms with Crippen molar-refractivity contribution in [1.82, 2.24) is 4.90 Å². The smallest absolute Gasteiger partial charge is 0.221 e. The number of nitrogens with two attached hydrogens (primary N) is 1. The Morgan fingerprint density at radius 2 is 1.68 bits per heavy atom. The maximum atomic E-state index is 11.2. The highest BCUT2D eigenvalue weighted by Gasteiger charge is 2.20. The van der Waals surface area contributed by atoms with E-state index in [1.807, 2.05) is 49.4 Å².